The first-order chi connectivity index (χ1) is 12.8. The molecule has 0 aliphatic heterocycles. The van der Waals surface area contributed by atoms with Crippen molar-refractivity contribution in [2.24, 2.45) is 5.73 Å². The van der Waals surface area contributed by atoms with Gasteiger partial charge >= 0.3 is 0 Å². The molecule has 2 aromatic rings. The maximum atomic E-state index is 12.4. The number of rotatable bonds is 9. The molecule has 27 heavy (non-hydrogen) atoms. The summed E-state index contributed by atoms with van der Waals surface area (Å²) in [6, 6.07) is 8.12. The zero-order chi connectivity index (χ0) is 20.0. The summed E-state index contributed by atoms with van der Waals surface area (Å²) in [5.74, 6) is -1.31. The van der Waals surface area contributed by atoms with Gasteiger partial charge in [-0.05, 0) is 12.1 Å². The van der Waals surface area contributed by atoms with Gasteiger partial charge in [-0.2, -0.15) is 0 Å². The standard InChI is InChI=1S/C16H20N4O6S/c17-13(25)9-7-27-16(18-9)20-14(12(24)11(23)10(22)6-21)19-15(26)8-4-2-1-3-5-8/h1-5,7,10-12,14,21-24H,6H2,(H2,17,25)(H,18,20)(H,19,26). The van der Waals surface area contributed by atoms with E-state index in [2.05, 4.69) is 15.6 Å². The Morgan fingerprint density at radius 2 is 1.81 bits per heavy atom. The second kappa shape index (κ2) is 9.39. The Morgan fingerprint density at radius 1 is 1.15 bits per heavy atom. The number of anilines is 1. The second-order valence-electron chi connectivity index (χ2n) is 5.59. The van der Waals surface area contributed by atoms with Gasteiger partial charge in [0.2, 0.25) is 0 Å². The number of carbonyl (C=O) groups is 2. The highest BCUT2D eigenvalue weighted by molar-refractivity contribution is 7.13. The van der Waals surface area contributed by atoms with Crippen LogP contribution in [-0.2, 0) is 0 Å². The number of thiazole rings is 1. The fraction of sp³-hybridized carbons (Fsp3) is 0.312. The van der Waals surface area contributed by atoms with Crippen molar-refractivity contribution in [3.63, 3.8) is 0 Å². The second-order valence-corrected chi connectivity index (χ2v) is 6.45. The molecule has 10 nitrogen and oxygen atoms in total. The number of nitrogens with one attached hydrogen (secondary N) is 2. The zero-order valence-electron chi connectivity index (χ0n) is 14.0. The third kappa shape index (κ3) is 5.45. The molecule has 11 heteroatoms. The molecule has 0 aliphatic rings. The fourth-order valence-electron chi connectivity index (χ4n) is 2.14. The van der Waals surface area contributed by atoms with Crippen LogP contribution in [-0.4, -0.2) is 68.3 Å². The molecule has 0 saturated heterocycles. The van der Waals surface area contributed by atoms with E-state index in [9.17, 15) is 24.9 Å². The number of amides is 2. The Bertz CT molecular complexity index is 771. The number of carbonyl (C=O) groups excluding carboxylic acids is 2. The number of aliphatic hydroxyl groups is 4. The SMILES string of the molecule is NC(=O)c1csc(NC(NC(=O)c2ccccc2)C(O)C(O)C(O)CO)n1. The van der Waals surface area contributed by atoms with Crippen LogP contribution in [0.25, 0.3) is 0 Å². The lowest BCUT2D eigenvalue weighted by atomic mass is 10.1. The molecule has 0 spiro atoms. The average Bonchev–Trinajstić information content (AvgIpc) is 3.15. The summed E-state index contributed by atoms with van der Waals surface area (Å²) in [4.78, 5) is 27.4. The number of hydrogen-bond donors (Lipinski definition) is 7. The predicted molar refractivity (Wildman–Crippen MR) is 97.1 cm³/mol. The van der Waals surface area contributed by atoms with Crippen LogP contribution in [0.15, 0.2) is 35.7 Å². The smallest absolute Gasteiger partial charge is 0.268 e. The minimum atomic E-state index is -1.76. The number of aromatic nitrogens is 1. The minimum Gasteiger partial charge on any atom is -0.394 e. The van der Waals surface area contributed by atoms with Gasteiger partial charge in [0.05, 0.1) is 6.61 Å². The number of aliphatic hydroxyl groups excluding tert-OH is 4. The first-order valence-corrected chi connectivity index (χ1v) is 8.74. The third-order valence-electron chi connectivity index (χ3n) is 3.63. The van der Waals surface area contributed by atoms with E-state index in [0.717, 1.165) is 11.3 Å². The van der Waals surface area contributed by atoms with E-state index < -0.39 is 42.9 Å². The summed E-state index contributed by atoms with van der Waals surface area (Å²) in [6.07, 6.45) is -6.39. The molecule has 0 fully saturated rings. The van der Waals surface area contributed by atoms with Crippen LogP contribution >= 0.6 is 11.3 Å². The van der Waals surface area contributed by atoms with Gasteiger partial charge in [0, 0.05) is 10.9 Å². The van der Waals surface area contributed by atoms with Crippen LogP contribution in [0, 0.1) is 0 Å². The first-order valence-electron chi connectivity index (χ1n) is 7.86. The third-order valence-corrected chi connectivity index (χ3v) is 4.40. The normalized spacial score (nSPS) is 15.4. The minimum absolute atomic E-state index is 0.0129. The predicted octanol–water partition coefficient (Wildman–Crippen LogP) is -1.52. The summed E-state index contributed by atoms with van der Waals surface area (Å²) < 4.78 is 0. The fourth-order valence-corrected chi connectivity index (χ4v) is 2.88. The van der Waals surface area contributed by atoms with E-state index >= 15 is 0 Å². The van der Waals surface area contributed by atoms with Crippen LogP contribution in [0.5, 0.6) is 0 Å². The summed E-state index contributed by atoms with van der Waals surface area (Å²) >= 11 is 0.993. The highest BCUT2D eigenvalue weighted by Crippen LogP contribution is 2.18. The number of hydrogen-bond acceptors (Lipinski definition) is 9. The molecule has 8 N–H and O–H groups in total. The molecule has 1 aromatic heterocycles. The van der Waals surface area contributed by atoms with Crippen molar-refractivity contribution in [2.75, 3.05) is 11.9 Å². The molecule has 1 aromatic carbocycles. The summed E-state index contributed by atoms with van der Waals surface area (Å²) in [7, 11) is 0. The maximum Gasteiger partial charge on any atom is 0.268 e. The Hall–Kier alpha value is -2.57. The van der Waals surface area contributed by atoms with Gasteiger partial charge in [0.15, 0.2) is 5.13 Å². The lowest BCUT2D eigenvalue weighted by molar-refractivity contribution is -0.0832. The van der Waals surface area contributed by atoms with Gasteiger partial charge in [0.25, 0.3) is 11.8 Å². The molecule has 0 bridgehead atoms. The van der Waals surface area contributed by atoms with Gasteiger partial charge in [0.1, 0.15) is 30.2 Å². The van der Waals surface area contributed by atoms with E-state index in [1.54, 1.807) is 30.3 Å². The quantitative estimate of drug-likeness (QED) is 0.250. The molecule has 2 rings (SSSR count). The van der Waals surface area contributed by atoms with E-state index in [1.807, 2.05) is 0 Å². The molecular formula is C16H20N4O6S. The van der Waals surface area contributed by atoms with Crippen molar-refractivity contribution in [3.8, 4) is 0 Å². The molecule has 0 radical (unpaired) electrons. The molecule has 146 valence electrons. The molecule has 4 unspecified atom stereocenters. The average molecular weight is 396 g/mol. The number of benzene rings is 1. The highest BCUT2D eigenvalue weighted by atomic mass is 32.1. The summed E-state index contributed by atoms with van der Waals surface area (Å²) in [5, 5.41) is 45.5. The van der Waals surface area contributed by atoms with E-state index in [4.69, 9.17) is 10.8 Å². The molecule has 1 heterocycles. The highest BCUT2D eigenvalue weighted by Gasteiger charge is 2.33. The Balaban J connectivity index is 2.21. The van der Waals surface area contributed by atoms with Crippen LogP contribution in [0.3, 0.4) is 0 Å². The van der Waals surface area contributed by atoms with Crippen molar-refractivity contribution >= 4 is 28.3 Å². The van der Waals surface area contributed by atoms with E-state index in [-0.39, 0.29) is 10.8 Å². The first kappa shape index (κ1) is 20.7. The topological polar surface area (TPSA) is 178 Å². The van der Waals surface area contributed by atoms with E-state index in [1.165, 1.54) is 5.38 Å². The monoisotopic (exact) mass is 396 g/mol. The number of primary amides is 1. The van der Waals surface area contributed by atoms with Crippen LogP contribution < -0.4 is 16.4 Å². The van der Waals surface area contributed by atoms with Gasteiger partial charge in [-0.3, -0.25) is 9.59 Å². The van der Waals surface area contributed by atoms with Crippen LogP contribution in [0.4, 0.5) is 5.13 Å². The number of nitrogens with two attached hydrogens (primary N) is 1. The van der Waals surface area contributed by atoms with Crippen molar-refractivity contribution in [2.45, 2.75) is 24.5 Å². The summed E-state index contributed by atoms with van der Waals surface area (Å²) in [5.41, 5.74) is 5.42. The Labute approximate surface area is 158 Å². The summed E-state index contributed by atoms with van der Waals surface area (Å²) in [6.45, 7) is -0.791. The number of nitrogens with zero attached hydrogens (tertiary/aromatic N) is 1. The molecular weight excluding hydrogens is 376 g/mol. The molecule has 0 aliphatic carbocycles. The zero-order valence-corrected chi connectivity index (χ0v) is 14.8. The molecule has 2 amide bonds. The largest absolute Gasteiger partial charge is 0.394 e. The van der Waals surface area contributed by atoms with Crippen LogP contribution in [0.2, 0.25) is 0 Å². The van der Waals surface area contributed by atoms with Gasteiger partial charge in [-0.15, -0.1) is 11.3 Å². The molecule has 4 atom stereocenters. The van der Waals surface area contributed by atoms with Gasteiger partial charge in [-0.25, -0.2) is 4.98 Å². The maximum absolute atomic E-state index is 12.4. The van der Waals surface area contributed by atoms with Crippen molar-refractivity contribution < 1.29 is 30.0 Å². The Morgan fingerprint density at radius 3 is 2.37 bits per heavy atom. The van der Waals surface area contributed by atoms with Crippen molar-refractivity contribution in [1.29, 1.82) is 0 Å². The van der Waals surface area contributed by atoms with Gasteiger partial charge in [-0.1, -0.05) is 18.2 Å². The van der Waals surface area contributed by atoms with Crippen molar-refractivity contribution in [1.82, 2.24) is 10.3 Å². The van der Waals surface area contributed by atoms with Crippen molar-refractivity contribution in [3.05, 3.63) is 47.0 Å². The molecule has 0 saturated carbocycles. The van der Waals surface area contributed by atoms with Gasteiger partial charge < -0.3 is 36.8 Å². The van der Waals surface area contributed by atoms with E-state index in [0.29, 0.717) is 5.56 Å². The Kier molecular flexibility index (Phi) is 7.21. The van der Waals surface area contributed by atoms with Crippen LogP contribution in [0.1, 0.15) is 20.8 Å². The lowest BCUT2D eigenvalue weighted by Crippen LogP contribution is -2.56. The lowest BCUT2D eigenvalue weighted by Gasteiger charge is -2.30.